The summed E-state index contributed by atoms with van der Waals surface area (Å²) in [5.41, 5.74) is 4.98. The standard InChI is InChI=1S/C36H34FN7O3/c37-28-8-6-26(7-9-28)33-30-20-29(10-11-31(30)41-42-33)40-35(47)36(23-45)14-19-43(22-36)21-32(46)44-17-12-25(13-18-44)24-2-4-27(5-3-24)34-38-15-1-16-39-34/h1-12,15-16,20,45H,13-14,17-19,21-23H2,(H,40,47)(H,41,42)/t36-/m1/s1. The number of nitrogens with zero attached hydrogens (tertiary/aromatic N) is 5. The first-order chi connectivity index (χ1) is 22.9. The van der Waals surface area contributed by atoms with Crippen molar-refractivity contribution in [2.45, 2.75) is 12.8 Å². The Bertz CT molecular complexity index is 1940. The summed E-state index contributed by atoms with van der Waals surface area (Å²) >= 11 is 0. The maximum Gasteiger partial charge on any atom is 0.237 e. The van der Waals surface area contributed by atoms with E-state index in [2.05, 4.69) is 43.7 Å². The SMILES string of the molecule is O=C(CN1CC[C@@](CO)(C(=O)Nc2ccc3[nH]nc(-c4ccc(F)cc4)c3c2)C1)N1CC=C(c2ccc(-c3ncccn3)cc2)CC1. The third-order valence-corrected chi connectivity index (χ3v) is 9.16. The average molecular weight is 632 g/mol. The molecule has 1 fully saturated rings. The first-order valence-corrected chi connectivity index (χ1v) is 15.6. The van der Waals surface area contributed by atoms with Crippen molar-refractivity contribution >= 4 is 34.0 Å². The monoisotopic (exact) mass is 631 g/mol. The number of carbonyl (C=O) groups is 2. The normalized spacial score (nSPS) is 18.3. The molecule has 0 bridgehead atoms. The van der Waals surface area contributed by atoms with Gasteiger partial charge in [0.15, 0.2) is 5.82 Å². The minimum Gasteiger partial charge on any atom is -0.395 e. The van der Waals surface area contributed by atoms with E-state index in [1.165, 1.54) is 17.7 Å². The van der Waals surface area contributed by atoms with Crippen molar-refractivity contribution in [3.05, 3.63) is 103 Å². The minimum atomic E-state index is -1.03. The highest BCUT2D eigenvalue weighted by molar-refractivity contribution is 6.00. The van der Waals surface area contributed by atoms with Gasteiger partial charge in [0, 0.05) is 54.2 Å². The number of hydrogen-bond acceptors (Lipinski definition) is 7. The van der Waals surface area contributed by atoms with Gasteiger partial charge in [-0.05, 0) is 79.1 Å². The zero-order chi connectivity index (χ0) is 32.4. The molecule has 2 aromatic heterocycles. The number of benzene rings is 3. The van der Waals surface area contributed by atoms with Gasteiger partial charge < -0.3 is 15.3 Å². The van der Waals surface area contributed by atoms with Crippen LogP contribution >= 0.6 is 0 Å². The number of carbonyl (C=O) groups excluding carboxylic acids is 2. The molecule has 5 aromatic rings. The highest BCUT2D eigenvalue weighted by atomic mass is 19.1. The van der Waals surface area contributed by atoms with Gasteiger partial charge in [-0.25, -0.2) is 14.4 Å². The lowest BCUT2D eigenvalue weighted by Gasteiger charge is -2.29. The van der Waals surface area contributed by atoms with E-state index in [1.807, 2.05) is 34.1 Å². The lowest BCUT2D eigenvalue weighted by Crippen LogP contribution is -2.45. The number of halogens is 1. The van der Waals surface area contributed by atoms with Crippen LogP contribution in [0, 0.1) is 11.2 Å². The molecule has 238 valence electrons. The van der Waals surface area contributed by atoms with E-state index in [-0.39, 0.29) is 37.3 Å². The van der Waals surface area contributed by atoms with Crippen molar-refractivity contribution in [2.75, 3.05) is 44.6 Å². The summed E-state index contributed by atoms with van der Waals surface area (Å²) in [6.07, 6.45) is 6.74. The van der Waals surface area contributed by atoms with Crippen LogP contribution in [-0.2, 0) is 9.59 Å². The van der Waals surface area contributed by atoms with Gasteiger partial charge in [0.05, 0.1) is 29.8 Å². The number of amides is 2. The van der Waals surface area contributed by atoms with Crippen LogP contribution in [-0.4, -0.2) is 86.2 Å². The number of likely N-dealkylation sites (tertiary alicyclic amines) is 1. The van der Waals surface area contributed by atoms with E-state index in [4.69, 9.17) is 0 Å². The Hall–Kier alpha value is -5.26. The second kappa shape index (κ2) is 12.9. The van der Waals surface area contributed by atoms with E-state index in [9.17, 15) is 19.1 Å². The van der Waals surface area contributed by atoms with Crippen LogP contribution in [0.2, 0.25) is 0 Å². The Morgan fingerprint density at radius 1 is 0.957 bits per heavy atom. The van der Waals surface area contributed by atoms with E-state index < -0.39 is 5.41 Å². The van der Waals surface area contributed by atoms with Crippen LogP contribution in [0.1, 0.15) is 18.4 Å². The molecule has 1 atom stereocenters. The molecule has 4 heterocycles. The summed E-state index contributed by atoms with van der Waals surface area (Å²) in [6, 6.07) is 21.4. The fraction of sp³-hybridized carbons (Fsp3) is 0.250. The van der Waals surface area contributed by atoms with Crippen molar-refractivity contribution in [3.63, 3.8) is 0 Å². The fourth-order valence-corrected chi connectivity index (χ4v) is 6.39. The van der Waals surface area contributed by atoms with E-state index in [0.717, 1.165) is 34.0 Å². The number of anilines is 1. The van der Waals surface area contributed by atoms with Gasteiger partial charge in [0.25, 0.3) is 0 Å². The summed E-state index contributed by atoms with van der Waals surface area (Å²) in [6.45, 7) is 1.80. The van der Waals surface area contributed by atoms with Gasteiger partial charge in [-0.3, -0.25) is 19.6 Å². The molecule has 1 saturated heterocycles. The molecule has 2 aliphatic heterocycles. The lowest BCUT2D eigenvalue weighted by atomic mass is 9.87. The zero-order valence-corrected chi connectivity index (χ0v) is 25.7. The lowest BCUT2D eigenvalue weighted by molar-refractivity contribution is -0.133. The number of aliphatic hydroxyl groups excluding tert-OH is 1. The van der Waals surface area contributed by atoms with Crippen molar-refractivity contribution < 1.29 is 19.1 Å². The van der Waals surface area contributed by atoms with Gasteiger partial charge >= 0.3 is 0 Å². The number of rotatable bonds is 8. The van der Waals surface area contributed by atoms with Gasteiger partial charge in [-0.1, -0.05) is 30.3 Å². The third kappa shape index (κ3) is 6.27. The number of H-pyrrole nitrogens is 1. The zero-order valence-electron chi connectivity index (χ0n) is 25.7. The van der Waals surface area contributed by atoms with Gasteiger partial charge in [0.1, 0.15) is 5.82 Å². The van der Waals surface area contributed by atoms with Crippen molar-refractivity contribution in [1.82, 2.24) is 30.0 Å². The van der Waals surface area contributed by atoms with Gasteiger partial charge in [-0.15, -0.1) is 0 Å². The molecule has 7 rings (SSSR count). The van der Waals surface area contributed by atoms with Crippen molar-refractivity contribution in [2.24, 2.45) is 5.41 Å². The molecule has 11 heteroatoms. The maximum absolute atomic E-state index is 13.6. The quantitative estimate of drug-likeness (QED) is 0.225. The smallest absolute Gasteiger partial charge is 0.237 e. The summed E-state index contributed by atoms with van der Waals surface area (Å²) in [5, 5.41) is 21.5. The average Bonchev–Trinajstić information content (AvgIpc) is 3.74. The number of fused-ring (bicyclic) bond motifs is 1. The Balaban J connectivity index is 0.960. The predicted molar refractivity (Wildman–Crippen MR) is 177 cm³/mol. The summed E-state index contributed by atoms with van der Waals surface area (Å²) in [5.74, 6) is 0.0647. The Morgan fingerprint density at radius 3 is 2.43 bits per heavy atom. The van der Waals surface area contributed by atoms with Gasteiger partial charge in [0.2, 0.25) is 11.8 Å². The molecule has 0 spiro atoms. The largest absolute Gasteiger partial charge is 0.395 e. The number of aliphatic hydroxyl groups is 1. The first kappa shape index (κ1) is 30.4. The highest BCUT2D eigenvalue weighted by Crippen LogP contribution is 2.34. The molecule has 2 aliphatic rings. The van der Waals surface area contributed by atoms with Crippen LogP contribution in [0.5, 0.6) is 0 Å². The van der Waals surface area contributed by atoms with Gasteiger partial charge in [-0.2, -0.15) is 5.10 Å². The second-order valence-electron chi connectivity index (χ2n) is 12.2. The molecule has 0 aliphatic carbocycles. The Morgan fingerprint density at radius 2 is 1.70 bits per heavy atom. The van der Waals surface area contributed by atoms with E-state index in [0.29, 0.717) is 43.3 Å². The van der Waals surface area contributed by atoms with Crippen LogP contribution in [0.25, 0.3) is 39.1 Å². The van der Waals surface area contributed by atoms with Crippen molar-refractivity contribution in [1.29, 1.82) is 0 Å². The summed E-state index contributed by atoms with van der Waals surface area (Å²) in [4.78, 5) is 39.2. The molecule has 47 heavy (non-hydrogen) atoms. The molecule has 3 N–H and O–H groups in total. The van der Waals surface area contributed by atoms with E-state index >= 15 is 0 Å². The molecule has 3 aromatic carbocycles. The second-order valence-corrected chi connectivity index (χ2v) is 12.2. The molecule has 10 nitrogen and oxygen atoms in total. The van der Waals surface area contributed by atoms with Crippen LogP contribution in [0.4, 0.5) is 10.1 Å². The third-order valence-electron chi connectivity index (χ3n) is 9.16. The van der Waals surface area contributed by atoms with Crippen LogP contribution in [0.15, 0.2) is 91.3 Å². The first-order valence-electron chi connectivity index (χ1n) is 15.6. The minimum absolute atomic E-state index is 0.00440. The molecule has 0 unspecified atom stereocenters. The molecule has 0 saturated carbocycles. The van der Waals surface area contributed by atoms with Crippen molar-refractivity contribution in [3.8, 4) is 22.6 Å². The number of aromatic nitrogens is 4. The molecular formula is C36H34FN7O3. The number of aromatic amines is 1. The topological polar surface area (TPSA) is 127 Å². The number of nitrogens with one attached hydrogen (secondary N) is 2. The van der Waals surface area contributed by atoms with Crippen LogP contribution < -0.4 is 5.32 Å². The fourth-order valence-electron chi connectivity index (χ4n) is 6.39. The maximum atomic E-state index is 13.6. The molecular weight excluding hydrogens is 597 g/mol. The molecule has 2 amide bonds. The predicted octanol–water partition coefficient (Wildman–Crippen LogP) is 4.76. The Labute approximate surface area is 271 Å². The molecule has 0 radical (unpaired) electrons. The van der Waals surface area contributed by atoms with Crippen LogP contribution in [0.3, 0.4) is 0 Å². The summed E-state index contributed by atoms with van der Waals surface area (Å²) in [7, 11) is 0. The summed E-state index contributed by atoms with van der Waals surface area (Å²) < 4.78 is 13.5. The Kier molecular flexibility index (Phi) is 8.32. The number of hydrogen-bond donors (Lipinski definition) is 3. The highest BCUT2D eigenvalue weighted by Gasteiger charge is 2.45. The van der Waals surface area contributed by atoms with E-state index in [1.54, 1.807) is 36.7 Å².